The quantitative estimate of drug-likeness (QED) is 0.0960. The van der Waals surface area contributed by atoms with Gasteiger partial charge in [0, 0.05) is 38.7 Å². The third kappa shape index (κ3) is 12.5. The number of aryl methyl sites for hydroxylation is 8. The second-order valence-electron chi connectivity index (χ2n) is 21.1. The third-order valence-electron chi connectivity index (χ3n) is 15.5. The van der Waals surface area contributed by atoms with Crippen molar-refractivity contribution in [2.75, 3.05) is 0 Å². The second kappa shape index (κ2) is 25.7. The molecule has 9 aromatic carbocycles. The van der Waals surface area contributed by atoms with Crippen LogP contribution in [-0.4, -0.2) is 15.0 Å². The van der Waals surface area contributed by atoms with Crippen LogP contribution < -0.4 is 0 Å². The van der Waals surface area contributed by atoms with Crippen LogP contribution in [-0.2, 0) is 45.8 Å². The molecule has 0 fully saturated rings. The fourth-order valence-electron chi connectivity index (χ4n) is 11.2. The van der Waals surface area contributed by atoms with Crippen LogP contribution >= 0.6 is 0 Å². The monoisotopic (exact) mass is 1230 g/mol. The van der Waals surface area contributed by atoms with E-state index in [1.807, 2.05) is 55.0 Å². The molecule has 3 heterocycles. The molecule has 0 aliphatic carbocycles. The summed E-state index contributed by atoms with van der Waals surface area (Å²) in [5.74, 6) is 0. The van der Waals surface area contributed by atoms with Gasteiger partial charge in [0.2, 0.25) is 0 Å². The molecule has 0 aliphatic heterocycles. The maximum absolute atomic E-state index is 4.76. The van der Waals surface area contributed by atoms with Crippen LogP contribution in [0.15, 0.2) is 243 Å². The van der Waals surface area contributed by atoms with Crippen LogP contribution in [0.5, 0.6) is 0 Å². The van der Waals surface area contributed by atoms with E-state index in [1.54, 1.807) is 0 Å². The Balaban J connectivity index is 0.00000376. The van der Waals surface area contributed by atoms with Gasteiger partial charge in [0.05, 0.1) is 0 Å². The molecule has 0 aliphatic rings. The first-order valence-corrected chi connectivity index (χ1v) is 27.7. The van der Waals surface area contributed by atoms with Crippen LogP contribution in [0.25, 0.3) is 101 Å². The normalized spacial score (nSPS) is 10.9. The van der Waals surface area contributed by atoms with Crippen LogP contribution in [0, 0.1) is 53.3 Å². The summed E-state index contributed by atoms with van der Waals surface area (Å²) in [6.07, 6.45) is 8.91. The van der Waals surface area contributed by atoms with E-state index in [4.69, 9.17) is 15.0 Å². The molecule has 0 atom stereocenters. The van der Waals surface area contributed by atoms with E-state index in [2.05, 4.69) is 234 Å². The molecule has 1 radical (unpaired) electrons. The van der Waals surface area contributed by atoms with Gasteiger partial charge in [0.1, 0.15) is 0 Å². The summed E-state index contributed by atoms with van der Waals surface area (Å²) in [4.78, 5) is 14.2. The van der Waals surface area contributed by atoms with Crippen LogP contribution in [0.3, 0.4) is 0 Å². The smallest absolute Gasteiger partial charge is 0.0160 e. The first-order chi connectivity index (χ1) is 39.3. The molecule has 0 N–H and O–H groups in total. The predicted molar refractivity (Wildman–Crippen MR) is 338 cm³/mol. The maximum atomic E-state index is 4.76. The number of nitrogens with zero attached hydrogens (tertiary/aromatic N) is 3. The van der Waals surface area contributed by atoms with Gasteiger partial charge in [-0.25, -0.2) is 0 Å². The van der Waals surface area contributed by atoms with Crippen molar-refractivity contribution in [1.82, 2.24) is 15.0 Å². The number of aromatic nitrogens is 3. The van der Waals surface area contributed by atoms with E-state index < -0.39 is 0 Å². The number of hydrogen-bond donors (Lipinski definition) is 0. The Morgan fingerprint density at radius 1 is 0.305 bits per heavy atom. The van der Waals surface area contributed by atoms with Crippen molar-refractivity contribution < 1.29 is 20.1 Å². The van der Waals surface area contributed by atoms with E-state index >= 15 is 0 Å². The first-order valence-electron chi connectivity index (χ1n) is 27.7. The molecule has 3 nitrogen and oxygen atoms in total. The number of benzene rings is 9. The average molecular weight is 1230 g/mol. The molecule has 3 aromatic heterocycles. The molecule has 12 aromatic rings. The molecule has 0 amide bonds. The third-order valence-corrected chi connectivity index (χ3v) is 15.5. The molecular weight excluding hydrogens is 1170 g/mol. The molecule has 4 heteroatoms. The van der Waals surface area contributed by atoms with Gasteiger partial charge in [-0.2, -0.15) is 0 Å². The Bertz CT molecular complexity index is 3970. The molecular formula is C78H63IrN3-4. The number of pyridine rings is 3. The molecule has 0 saturated carbocycles. The molecule has 403 valence electrons. The molecule has 0 unspecified atom stereocenters. The number of rotatable bonds is 15. The Morgan fingerprint density at radius 3 is 1.22 bits per heavy atom. The molecule has 12 rings (SSSR count). The Labute approximate surface area is 498 Å². The first kappa shape index (κ1) is 56.4. The zero-order valence-electron chi connectivity index (χ0n) is 47.1. The zero-order chi connectivity index (χ0) is 54.4. The van der Waals surface area contributed by atoms with Crippen LogP contribution in [0.4, 0.5) is 0 Å². The summed E-state index contributed by atoms with van der Waals surface area (Å²) in [5.41, 5.74) is 29.9. The minimum atomic E-state index is 0. The van der Waals surface area contributed by atoms with Gasteiger partial charge in [-0.05, 0) is 137 Å². The SMILES string of the molecule is Cc1ccc(C)c(-c2cc(-c3ccccn3)[c-]cc2CCc2cc(CCc3c[c-]c(-c4ccccn4)cc3-c3cc(C)ccc3C)cc(-c3ccccc3-c3c[c-]c(-c4ccccn4)cc3-c3ccc(-c4ccccc4)cc3)c2)c1.[CH3-].[Ir]. The maximum Gasteiger partial charge on any atom is 0.0160 e. The summed E-state index contributed by atoms with van der Waals surface area (Å²) in [7, 11) is 0. The fourth-order valence-corrected chi connectivity index (χ4v) is 11.2. The molecule has 0 saturated heterocycles. The Hall–Kier alpha value is -8.92. The van der Waals surface area contributed by atoms with Gasteiger partial charge in [-0.15, -0.1) is 82.4 Å². The Morgan fingerprint density at radius 2 is 0.732 bits per heavy atom. The van der Waals surface area contributed by atoms with E-state index in [-0.39, 0.29) is 27.5 Å². The van der Waals surface area contributed by atoms with Crippen molar-refractivity contribution >= 4 is 0 Å². The van der Waals surface area contributed by atoms with Crippen molar-refractivity contribution in [2.24, 2.45) is 0 Å². The summed E-state index contributed by atoms with van der Waals surface area (Å²) in [6.45, 7) is 8.79. The van der Waals surface area contributed by atoms with Gasteiger partial charge < -0.3 is 22.4 Å². The zero-order valence-corrected chi connectivity index (χ0v) is 49.5. The van der Waals surface area contributed by atoms with E-state index in [0.29, 0.717) is 0 Å². The van der Waals surface area contributed by atoms with Crippen LogP contribution in [0.2, 0.25) is 0 Å². The van der Waals surface area contributed by atoms with E-state index in [9.17, 15) is 0 Å². The summed E-state index contributed by atoms with van der Waals surface area (Å²) >= 11 is 0. The predicted octanol–water partition coefficient (Wildman–Crippen LogP) is 19.5. The van der Waals surface area contributed by atoms with Crippen molar-refractivity contribution in [3.05, 3.63) is 313 Å². The minimum absolute atomic E-state index is 0. The minimum Gasteiger partial charge on any atom is -0.358 e. The van der Waals surface area contributed by atoms with Crippen molar-refractivity contribution in [2.45, 2.75) is 53.4 Å². The Kier molecular flexibility index (Phi) is 17.7. The van der Waals surface area contributed by atoms with Crippen molar-refractivity contribution in [3.63, 3.8) is 0 Å². The molecule has 0 bridgehead atoms. The fraction of sp³-hybridized carbons (Fsp3) is 0.103. The summed E-state index contributed by atoms with van der Waals surface area (Å²) in [6, 6.07) is 92.0. The topological polar surface area (TPSA) is 38.7 Å². The van der Waals surface area contributed by atoms with Crippen molar-refractivity contribution in [1.29, 1.82) is 0 Å². The van der Waals surface area contributed by atoms with Crippen molar-refractivity contribution in [3.8, 4) is 101 Å². The number of hydrogen-bond acceptors (Lipinski definition) is 3. The van der Waals surface area contributed by atoms with Gasteiger partial charge in [0.25, 0.3) is 0 Å². The standard InChI is InChI=1S/C77H60N3.CH3.Ir/c1-52-23-25-54(3)70(44-52)73-50-63(75-20-10-13-41-78-75)37-35-60(73)29-27-56-46-57(28-30-61-36-38-64(76-21-11-14-42-79-76)51-74(61)71-45-53(2)24-26-55(71)4)48-66(47-56)67-18-8-9-19-68(67)69-40-39-65(77-22-12-15-43-80-77)49-72(69)62-33-31-59(32-34-62)58-16-6-5-7-17-58;;/h5-26,31-36,40-51H,27-30H2,1-4H3;1H3;/q-3;-1;. The average Bonchev–Trinajstić information content (AvgIpc) is 3.60. The second-order valence-corrected chi connectivity index (χ2v) is 21.1. The summed E-state index contributed by atoms with van der Waals surface area (Å²) < 4.78 is 0. The van der Waals surface area contributed by atoms with Gasteiger partial charge in [-0.3, -0.25) is 0 Å². The van der Waals surface area contributed by atoms with E-state index in [1.165, 1.54) is 89.0 Å². The largest absolute Gasteiger partial charge is 0.358 e. The van der Waals surface area contributed by atoms with Gasteiger partial charge in [0.15, 0.2) is 0 Å². The van der Waals surface area contributed by atoms with Gasteiger partial charge >= 0.3 is 0 Å². The van der Waals surface area contributed by atoms with E-state index in [0.717, 1.165) is 81.7 Å². The molecule has 82 heavy (non-hydrogen) atoms. The van der Waals surface area contributed by atoms with Crippen LogP contribution in [0.1, 0.15) is 44.5 Å². The van der Waals surface area contributed by atoms with Gasteiger partial charge in [-0.1, -0.05) is 222 Å². The summed E-state index contributed by atoms with van der Waals surface area (Å²) in [5, 5.41) is 0. The molecule has 0 spiro atoms.